The fourth-order valence-corrected chi connectivity index (χ4v) is 2.91. The van der Waals surface area contributed by atoms with Crippen LogP contribution >= 0.6 is 0 Å². The zero-order chi connectivity index (χ0) is 10.9. The van der Waals surface area contributed by atoms with E-state index in [0.29, 0.717) is 6.61 Å². The van der Waals surface area contributed by atoms with E-state index in [4.69, 9.17) is 13.3 Å². The zero-order valence-corrected chi connectivity index (χ0v) is 10.7. The van der Waals surface area contributed by atoms with Gasteiger partial charge in [0.25, 0.3) is 0 Å². The molecule has 0 bridgehead atoms. The number of hydrogen-bond acceptors (Lipinski definition) is 3. The van der Waals surface area contributed by atoms with Gasteiger partial charge in [-0.3, -0.25) is 0 Å². The minimum Gasteiger partial charge on any atom is -0.377 e. The number of unbranched alkanes of at least 4 members (excludes halogenated alkanes) is 1. The molecule has 0 spiro atoms. The molecule has 0 heterocycles. The Bertz CT molecular complexity index is 155. The summed E-state index contributed by atoms with van der Waals surface area (Å²) in [4.78, 5) is 0. The molecule has 0 atom stereocenters. The first kappa shape index (κ1) is 13.8. The summed E-state index contributed by atoms with van der Waals surface area (Å²) in [6.07, 6.45) is 6.51. The first-order valence-corrected chi connectivity index (χ1v) is 7.07. The van der Waals surface area contributed by atoms with Crippen molar-refractivity contribution in [2.45, 2.75) is 32.7 Å². The summed E-state index contributed by atoms with van der Waals surface area (Å²) in [5, 5.41) is 0. The van der Waals surface area contributed by atoms with Crippen molar-refractivity contribution in [1.29, 1.82) is 0 Å². The van der Waals surface area contributed by atoms with Gasteiger partial charge in [-0.15, -0.1) is 0 Å². The van der Waals surface area contributed by atoms with Gasteiger partial charge >= 0.3 is 8.80 Å². The van der Waals surface area contributed by atoms with Gasteiger partial charge in [-0.25, -0.2) is 0 Å². The van der Waals surface area contributed by atoms with Crippen LogP contribution in [0.3, 0.4) is 0 Å². The van der Waals surface area contributed by atoms with Crippen molar-refractivity contribution < 1.29 is 13.3 Å². The van der Waals surface area contributed by atoms with Crippen LogP contribution in [0.15, 0.2) is 12.2 Å². The third kappa shape index (κ3) is 4.90. The highest BCUT2D eigenvalue weighted by atomic mass is 28.4. The normalized spacial score (nSPS) is 12.6. The fraction of sp³-hybridized carbons (Fsp3) is 0.800. The molecule has 0 aliphatic heterocycles. The molecule has 0 aromatic rings. The van der Waals surface area contributed by atoms with Crippen molar-refractivity contribution in [3.05, 3.63) is 12.2 Å². The predicted octanol–water partition coefficient (Wildman–Crippen LogP) is 2.61. The highest BCUT2D eigenvalue weighted by Gasteiger charge is 2.36. The van der Waals surface area contributed by atoms with Gasteiger partial charge in [0, 0.05) is 26.9 Å². The van der Waals surface area contributed by atoms with E-state index in [2.05, 4.69) is 19.1 Å². The summed E-state index contributed by atoms with van der Waals surface area (Å²) in [5.74, 6) is 0. The molecule has 0 N–H and O–H groups in total. The Balaban J connectivity index is 4.06. The average Bonchev–Trinajstić information content (AvgIpc) is 2.23. The predicted molar refractivity (Wildman–Crippen MR) is 60.3 cm³/mol. The van der Waals surface area contributed by atoms with E-state index in [1.54, 1.807) is 14.2 Å². The van der Waals surface area contributed by atoms with Crippen molar-refractivity contribution in [2.75, 3.05) is 20.8 Å². The van der Waals surface area contributed by atoms with E-state index in [9.17, 15) is 0 Å². The maximum absolute atomic E-state index is 5.55. The highest BCUT2D eigenvalue weighted by Crippen LogP contribution is 2.14. The van der Waals surface area contributed by atoms with Crippen molar-refractivity contribution in [3.8, 4) is 0 Å². The van der Waals surface area contributed by atoms with E-state index in [0.717, 1.165) is 12.5 Å². The van der Waals surface area contributed by atoms with Gasteiger partial charge < -0.3 is 13.3 Å². The molecule has 0 aromatic heterocycles. The first-order chi connectivity index (χ1) is 6.74. The number of allylic oxidation sites excluding steroid dienone is 2. The van der Waals surface area contributed by atoms with E-state index >= 15 is 0 Å². The van der Waals surface area contributed by atoms with Crippen LogP contribution in [0.25, 0.3) is 0 Å². The van der Waals surface area contributed by atoms with Crippen molar-refractivity contribution in [1.82, 2.24) is 0 Å². The Kier molecular flexibility index (Phi) is 8.08. The Morgan fingerprint density at radius 2 is 1.71 bits per heavy atom. The average molecular weight is 218 g/mol. The van der Waals surface area contributed by atoms with Crippen LogP contribution in [0.5, 0.6) is 0 Å². The fourth-order valence-electron chi connectivity index (χ4n) is 1.16. The van der Waals surface area contributed by atoms with Gasteiger partial charge in [-0.1, -0.05) is 25.5 Å². The topological polar surface area (TPSA) is 27.7 Å². The van der Waals surface area contributed by atoms with Gasteiger partial charge in [-0.2, -0.15) is 0 Å². The second-order valence-corrected chi connectivity index (χ2v) is 5.87. The lowest BCUT2D eigenvalue weighted by Crippen LogP contribution is -2.43. The highest BCUT2D eigenvalue weighted by molar-refractivity contribution is 6.61. The SMILES string of the molecule is CCCC=CC[Si](OC)(OC)OCC. The molecule has 4 heteroatoms. The maximum Gasteiger partial charge on any atom is 0.504 e. The Morgan fingerprint density at radius 1 is 1.07 bits per heavy atom. The van der Waals surface area contributed by atoms with E-state index in [1.165, 1.54) is 6.42 Å². The van der Waals surface area contributed by atoms with Crippen LogP contribution < -0.4 is 0 Å². The molecule has 0 aromatic carbocycles. The molecular formula is C10H22O3Si. The van der Waals surface area contributed by atoms with Crippen LogP contribution in [0.2, 0.25) is 6.04 Å². The molecule has 0 amide bonds. The summed E-state index contributed by atoms with van der Waals surface area (Å²) in [6, 6.07) is 0.758. The third-order valence-electron chi connectivity index (χ3n) is 1.98. The van der Waals surface area contributed by atoms with Crippen molar-refractivity contribution in [3.63, 3.8) is 0 Å². The summed E-state index contributed by atoms with van der Waals surface area (Å²) < 4.78 is 16.3. The van der Waals surface area contributed by atoms with Gasteiger partial charge in [0.2, 0.25) is 0 Å². The minimum absolute atomic E-state index is 0.634. The minimum atomic E-state index is -2.38. The molecule has 0 saturated carbocycles. The summed E-state index contributed by atoms with van der Waals surface area (Å²) in [5.41, 5.74) is 0. The van der Waals surface area contributed by atoms with E-state index < -0.39 is 8.80 Å². The van der Waals surface area contributed by atoms with Crippen LogP contribution in [-0.4, -0.2) is 29.6 Å². The second-order valence-electron chi connectivity index (χ2n) is 2.99. The third-order valence-corrected chi connectivity index (χ3v) is 4.68. The standard InChI is InChI=1S/C10H22O3Si/c1-5-7-8-9-10-14(11-3,12-4)13-6-2/h8-9H,5-7,10H2,1-4H3. The van der Waals surface area contributed by atoms with E-state index in [1.807, 2.05) is 6.92 Å². The molecule has 0 unspecified atom stereocenters. The van der Waals surface area contributed by atoms with Gasteiger partial charge in [-0.05, 0) is 13.3 Å². The molecule has 14 heavy (non-hydrogen) atoms. The largest absolute Gasteiger partial charge is 0.504 e. The lowest BCUT2D eigenvalue weighted by molar-refractivity contribution is 0.107. The molecule has 0 radical (unpaired) electrons. The molecule has 84 valence electrons. The Labute approximate surface area is 88.4 Å². The van der Waals surface area contributed by atoms with Gasteiger partial charge in [0.1, 0.15) is 0 Å². The maximum atomic E-state index is 5.55. The summed E-state index contributed by atoms with van der Waals surface area (Å²) >= 11 is 0. The number of hydrogen-bond donors (Lipinski definition) is 0. The van der Waals surface area contributed by atoms with E-state index in [-0.39, 0.29) is 0 Å². The lowest BCUT2D eigenvalue weighted by atomic mass is 10.3. The van der Waals surface area contributed by atoms with Gasteiger partial charge in [0.15, 0.2) is 0 Å². The van der Waals surface area contributed by atoms with Gasteiger partial charge in [0.05, 0.1) is 0 Å². The molecule has 0 saturated heterocycles. The van der Waals surface area contributed by atoms with Crippen LogP contribution in [0.1, 0.15) is 26.7 Å². The van der Waals surface area contributed by atoms with Crippen molar-refractivity contribution in [2.24, 2.45) is 0 Å². The zero-order valence-electron chi connectivity index (χ0n) is 9.71. The Morgan fingerprint density at radius 3 is 2.14 bits per heavy atom. The molecule has 0 aliphatic carbocycles. The van der Waals surface area contributed by atoms with Crippen LogP contribution in [-0.2, 0) is 13.3 Å². The van der Waals surface area contributed by atoms with Crippen LogP contribution in [0.4, 0.5) is 0 Å². The first-order valence-electron chi connectivity index (χ1n) is 5.14. The van der Waals surface area contributed by atoms with Crippen LogP contribution in [0, 0.1) is 0 Å². The molecular weight excluding hydrogens is 196 g/mol. The van der Waals surface area contributed by atoms with Crippen molar-refractivity contribution >= 4 is 8.80 Å². The monoisotopic (exact) mass is 218 g/mol. The second kappa shape index (κ2) is 8.17. The summed E-state index contributed by atoms with van der Waals surface area (Å²) in [6.45, 7) is 4.75. The quantitative estimate of drug-likeness (QED) is 0.463. The molecule has 0 fully saturated rings. The smallest absolute Gasteiger partial charge is 0.377 e. The molecule has 0 rings (SSSR count). The Hall–Kier alpha value is -0.163. The summed E-state index contributed by atoms with van der Waals surface area (Å²) in [7, 11) is 0.923. The molecule has 0 aliphatic rings. The number of rotatable bonds is 8. The lowest BCUT2D eigenvalue weighted by Gasteiger charge is -2.24. The molecule has 3 nitrogen and oxygen atoms in total.